The largest absolute Gasteiger partial charge is 0.332 e. The number of nitrogens with one attached hydrogen (secondary N) is 2. The summed E-state index contributed by atoms with van der Waals surface area (Å²) in [5, 5.41) is 7.29. The molecule has 110 valence electrons. The van der Waals surface area contributed by atoms with Crippen molar-refractivity contribution in [3.05, 3.63) is 40.7 Å². The standard InChI is InChI=1S/C15H16FN3S2/c1-9-5-6-12-13(7-9)21-15(18-12)19-14(20)17-11-4-2-3-10(16)8-11/h2-4,8-9H,5-7H2,1H3,(H2,17,18,19,20). The lowest BCUT2D eigenvalue weighted by Crippen LogP contribution is -2.19. The van der Waals surface area contributed by atoms with Crippen LogP contribution in [0.1, 0.15) is 23.9 Å². The maximum Gasteiger partial charge on any atom is 0.189 e. The van der Waals surface area contributed by atoms with Crippen LogP contribution >= 0.6 is 23.6 Å². The van der Waals surface area contributed by atoms with E-state index in [9.17, 15) is 4.39 Å². The van der Waals surface area contributed by atoms with E-state index in [1.807, 2.05) is 0 Å². The monoisotopic (exact) mass is 321 g/mol. The third-order valence-electron chi connectivity index (χ3n) is 3.49. The van der Waals surface area contributed by atoms with Gasteiger partial charge in [-0.2, -0.15) is 0 Å². The zero-order valence-corrected chi connectivity index (χ0v) is 13.3. The summed E-state index contributed by atoms with van der Waals surface area (Å²) in [5.41, 5.74) is 1.82. The van der Waals surface area contributed by atoms with E-state index in [1.165, 1.54) is 29.1 Å². The molecule has 1 aliphatic rings. The van der Waals surface area contributed by atoms with Crippen LogP contribution in [0.25, 0.3) is 0 Å². The number of anilines is 2. The smallest absolute Gasteiger partial charge is 0.189 e. The SMILES string of the molecule is CC1CCc2nc(NC(=S)Nc3cccc(F)c3)sc2C1. The molecule has 0 amide bonds. The van der Waals surface area contributed by atoms with Gasteiger partial charge in [-0.15, -0.1) is 11.3 Å². The first-order valence-electron chi connectivity index (χ1n) is 6.92. The van der Waals surface area contributed by atoms with E-state index in [2.05, 4.69) is 22.5 Å². The van der Waals surface area contributed by atoms with E-state index in [0.29, 0.717) is 10.8 Å². The van der Waals surface area contributed by atoms with E-state index >= 15 is 0 Å². The lowest BCUT2D eigenvalue weighted by atomic mass is 9.93. The number of rotatable bonds is 2. The summed E-state index contributed by atoms with van der Waals surface area (Å²) in [6.07, 6.45) is 3.33. The minimum Gasteiger partial charge on any atom is -0.332 e. The summed E-state index contributed by atoms with van der Waals surface area (Å²) in [6, 6.07) is 6.22. The Morgan fingerprint density at radius 2 is 2.29 bits per heavy atom. The number of thiocarbonyl (C=S) groups is 1. The van der Waals surface area contributed by atoms with Crippen LogP contribution in [-0.2, 0) is 12.8 Å². The Bertz CT molecular complexity index is 669. The van der Waals surface area contributed by atoms with Gasteiger partial charge in [0.2, 0.25) is 0 Å². The van der Waals surface area contributed by atoms with Crippen molar-refractivity contribution in [3.8, 4) is 0 Å². The Morgan fingerprint density at radius 1 is 1.43 bits per heavy atom. The van der Waals surface area contributed by atoms with Crippen LogP contribution in [0.15, 0.2) is 24.3 Å². The van der Waals surface area contributed by atoms with Crippen molar-refractivity contribution in [1.82, 2.24) is 4.98 Å². The summed E-state index contributed by atoms with van der Waals surface area (Å²) in [7, 11) is 0. The van der Waals surface area contributed by atoms with Crippen LogP contribution in [0.3, 0.4) is 0 Å². The first kappa shape index (κ1) is 14.4. The zero-order valence-electron chi connectivity index (χ0n) is 11.6. The van der Waals surface area contributed by atoms with Gasteiger partial charge >= 0.3 is 0 Å². The maximum atomic E-state index is 13.1. The fraction of sp³-hybridized carbons (Fsp3) is 0.333. The van der Waals surface area contributed by atoms with Crippen LogP contribution < -0.4 is 10.6 Å². The van der Waals surface area contributed by atoms with Gasteiger partial charge in [0.05, 0.1) is 5.69 Å². The molecule has 0 aliphatic heterocycles. The van der Waals surface area contributed by atoms with Gasteiger partial charge in [0, 0.05) is 10.6 Å². The predicted molar refractivity (Wildman–Crippen MR) is 89.5 cm³/mol. The van der Waals surface area contributed by atoms with Crippen LogP contribution in [-0.4, -0.2) is 10.1 Å². The number of aromatic nitrogens is 1. The van der Waals surface area contributed by atoms with Crippen LogP contribution in [0.2, 0.25) is 0 Å². The van der Waals surface area contributed by atoms with Crippen molar-refractivity contribution in [2.75, 3.05) is 10.6 Å². The molecule has 1 heterocycles. The number of aryl methyl sites for hydroxylation is 1. The number of halogens is 1. The van der Waals surface area contributed by atoms with Gasteiger partial charge in [0.15, 0.2) is 10.2 Å². The number of hydrogen-bond acceptors (Lipinski definition) is 3. The third-order valence-corrected chi connectivity index (χ3v) is 4.73. The normalized spacial score (nSPS) is 17.1. The van der Waals surface area contributed by atoms with E-state index < -0.39 is 0 Å². The van der Waals surface area contributed by atoms with Crippen molar-refractivity contribution < 1.29 is 4.39 Å². The molecule has 3 nitrogen and oxygen atoms in total. The number of thiazole rings is 1. The van der Waals surface area contributed by atoms with Gasteiger partial charge in [0.25, 0.3) is 0 Å². The number of nitrogens with zero attached hydrogens (tertiary/aromatic N) is 1. The Morgan fingerprint density at radius 3 is 3.10 bits per heavy atom. The minimum absolute atomic E-state index is 0.290. The average Bonchev–Trinajstić information content (AvgIpc) is 2.79. The average molecular weight is 321 g/mol. The Labute approximate surface area is 132 Å². The molecule has 2 aromatic rings. The molecule has 21 heavy (non-hydrogen) atoms. The van der Waals surface area contributed by atoms with Crippen molar-refractivity contribution in [2.45, 2.75) is 26.2 Å². The molecule has 1 unspecified atom stereocenters. The predicted octanol–water partition coefficient (Wildman–Crippen LogP) is 4.22. The molecular formula is C15H16FN3S2. The summed E-state index contributed by atoms with van der Waals surface area (Å²) >= 11 is 6.90. The maximum absolute atomic E-state index is 13.1. The van der Waals surface area contributed by atoms with Gasteiger partial charge in [-0.1, -0.05) is 13.0 Å². The Kier molecular flexibility index (Phi) is 4.17. The van der Waals surface area contributed by atoms with Gasteiger partial charge in [-0.3, -0.25) is 0 Å². The van der Waals surface area contributed by atoms with E-state index in [4.69, 9.17) is 12.2 Å². The summed E-state index contributed by atoms with van der Waals surface area (Å²) in [4.78, 5) is 5.94. The molecule has 1 aromatic heterocycles. The minimum atomic E-state index is -0.290. The first-order valence-corrected chi connectivity index (χ1v) is 8.15. The molecule has 3 rings (SSSR count). The number of hydrogen-bond donors (Lipinski definition) is 2. The lowest BCUT2D eigenvalue weighted by Gasteiger charge is -2.15. The quantitative estimate of drug-likeness (QED) is 0.812. The highest BCUT2D eigenvalue weighted by atomic mass is 32.1. The lowest BCUT2D eigenvalue weighted by molar-refractivity contribution is 0.502. The molecule has 0 spiro atoms. The molecule has 6 heteroatoms. The fourth-order valence-corrected chi connectivity index (χ4v) is 3.87. The van der Waals surface area contributed by atoms with Gasteiger partial charge in [0.1, 0.15) is 5.82 Å². The van der Waals surface area contributed by atoms with Crippen molar-refractivity contribution in [2.24, 2.45) is 5.92 Å². The number of fused-ring (bicyclic) bond motifs is 1. The summed E-state index contributed by atoms with van der Waals surface area (Å²) < 4.78 is 13.1. The van der Waals surface area contributed by atoms with Gasteiger partial charge in [-0.05, 0) is 55.6 Å². The second-order valence-corrected chi connectivity index (χ2v) is 6.82. The highest BCUT2D eigenvalue weighted by Gasteiger charge is 2.19. The van der Waals surface area contributed by atoms with E-state index in [0.717, 1.165) is 23.9 Å². The molecule has 0 bridgehead atoms. The molecule has 1 aliphatic carbocycles. The van der Waals surface area contributed by atoms with Crippen molar-refractivity contribution in [3.63, 3.8) is 0 Å². The summed E-state index contributed by atoms with van der Waals surface area (Å²) in [6.45, 7) is 2.27. The second-order valence-electron chi connectivity index (χ2n) is 5.33. The molecule has 1 aromatic carbocycles. The molecule has 1 atom stereocenters. The Hall–Kier alpha value is -1.53. The highest BCUT2D eigenvalue weighted by Crippen LogP contribution is 2.32. The summed E-state index contributed by atoms with van der Waals surface area (Å²) in [5.74, 6) is 0.435. The zero-order chi connectivity index (χ0) is 14.8. The topological polar surface area (TPSA) is 37.0 Å². The molecule has 0 fully saturated rings. The van der Waals surface area contributed by atoms with Crippen molar-refractivity contribution in [1.29, 1.82) is 0 Å². The van der Waals surface area contributed by atoms with Crippen LogP contribution in [0, 0.1) is 11.7 Å². The van der Waals surface area contributed by atoms with Crippen LogP contribution in [0.5, 0.6) is 0 Å². The van der Waals surface area contributed by atoms with E-state index in [1.54, 1.807) is 23.5 Å². The van der Waals surface area contributed by atoms with Gasteiger partial charge < -0.3 is 10.6 Å². The third kappa shape index (κ3) is 3.57. The molecule has 0 radical (unpaired) electrons. The van der Waals surface area contributed by atoms with E-state index in [-0.39, 0.29) is 5.82 Å². The molecular weight excluding hydrogens is 305 g/mol. The van der Waals surface area contributed by atoms with Crippen molar-refractivity contribution >= 4 is 39.5 Å². The van der Waals surface area contributed by atoms with Gasteiger partial charge in [-0.25, -0.2) is 9.37 Å². The number of benzene rings is 1. The molecule has 0 saturated heterocycles. The first-order chi connectivity index (χ1) is 10.1. The van der Waals surface area contributed by atoms with Crippen LogP contribution in [0.4, 0.5) is 15.2 Å². The Balaban J connectivity index is 1.65. The highest BCUT2D eigenvalue weighted by molar-refractivity contribution is 7.80. The molecule has 2 N–H and O–H groups in total. The second kappa shape index (κ2) is 6.07. The molecule has 0 saturated carbocycles. The fourth-order valence-electron chi connectivity index (χ4n) is 2.42.